The van der Waals surface area contributed by atoms with E-state index in [-0.39, 0.29) is 23.1 Å². The van der Waals surface area contributed by atoms with Gasteiger partial charge in [0, 0.05) is 47.7 Å². The number of ether oxygens (including phenoxy) is 2. The average Bonchev–Trinajstić information content (AvgIpc) is 3.45. The van der Waals surface area contributed by atoms with Crippen LogP contribution in [0.4, 0.5) is 20.8 Å². The van der Waals surface area contributed by atoms with Gasteiger partial charge in [-0.1, -0.05) is 23.0 Å². The molecule has 1 aliphatic heterocycles. The van der Waals surface area contributed by atoms with Gasteiger partial charge in [-0.25, -0.2) is 27.6 Å². The smallest absolute Gasteiger partial charge is 0.326 e. The second-order valence-electron chi connectivity index (χ2n) is 10.7. The van der Waals surface area contributed by atoms with Gasteiger partial charge in [0.2, 0.25) is 5.88 Å². The summed E-state index contributed by atoms with van der Waals surface area (Å²) >= 11 is 1.39. The number of carbonyl (C=O) groups is 1. The van der Waals surface area contributed by atoms with Gasteiger partial charge in [-0.15, -0.1) is 0 Å². The van der Waals surface area contributed by atoms with Gasteiger partial charge in [0.15, 0.2) is 27.0 Å². The van der Waals surface area contributed by atoms with Crippen LogP contribution in [0, 0.1) is 0 Å². The molecule has 0 aliphatic carbocycles. The molecule has 0 bridgehead atoms. The van der Waals surface area contributed by atoms with Crippen molar-refractivity contribution in [3.05, 3.63) is 54.5 Å². The van der Waals surface area contributed by atoms with Crippen LogP contribution >= 0.6 is 11.8 Å². The Morgan fingerprint density at radius 2 is 1.91 bits per heavy atom. The minimum atomic E-state index is -2.91. The lowest BCUT2D eigenvalue weighted by atomic mass is 10.1. The first-order chi connectivity index (χ1) is 21.0. The number of alkyl halides is 1. The molecule has 2 aromatic heterocycles. The molecule has 0 atom stereocenters. The van der Waals surface area contributed by atoms with Gasteiger partial charge in [-0.05, 0) is 44.5 Å². The first-order valence-corrected chi connectivity index (χ1v) is 16.5. The number of methoxy groups -OCH3 is 1. The van der Waals surface area contributed by atoms with Gasteiger partial charge in [-0.2, -0.15) is 0 Å². The topological polar surface area (TPSA) is 149 Å². The van der Waals surface area contributed by atoms with E-state index in [0.29, 0.717) is 47.4 Å². The molecule has 0 spiro atoms. The number of nitrogens with zero attached hydrogens (tertiary/aromatic N) is 4. The molecule has 3 heterocycles. The summed E-state index contributed by atoms with van der Waals surface area (Å²) in [5.74, 6) is 1.52. The van der Waals surface area contributed by atoms with Crippen molar-refractivity contribution in [3.8, 4) is 11.5 Å². The molecule has 1 aliphatic rings. The lowest BCUT2D eigenvalue weighted by Gasteiger charge is -2.26. The maximum Gasteiger partial charge on any atom is 0.326 e. The number of anilines is 2. The highest BCUT2D eigenvalue weighted by Gasteiger charge is 2.24. The molecule has 44 heavy (non-hydrogen) atoms. The molecule has 15 heteroatoms. The summed E-state index contributed by atoms with van der Waals surface area (Å²) in [4.78, 5) is 24.4. The van der Waals surface area contributed by atoms with Gasteiger partial charge >= 0.3 is 6.03 Å². The molecular formula is C29H33FN6O6S2. The van der Waals surface area contributed by atoms with E-state index in [0.717, 1.165) is 23.2 Å². The molecule has 2 aromatic carbocycles. The molecule has 5 rings (SSSR count). The molecule has 1 saturated heterocycles. The van der Waals surface area contributed by atoms with Crippen molar-refractivity contribution in [1.29, 1.82) is 0 Å². The number of aromatic nitrogens is 3. The molecule has 0 radical (unpaired) electrons. The van der Waals surface area contributed by atoms with Crippen LogP contribution in [0.5, 0.6) is 11.5 Å². The Balaban J connectivity index is 1.24. The highest BCUT2D eigenvalue weighted by molar-refractivity contribution is 7.99. The maximum absolute atomic E-state index is 14.1. The van der Waals surface area contributed by atoms with Crippen molar-refractivity contribution in [2.24, 2.45) is 0 Å². The second-order valence-corrected chi connectivity index (χ2v) is 14.0. The lowest BCUT2D eigenvalue weighted by Crippen LogP contribution is -2.40. The fourth-order valence-electron chi connectivity index (χ4n) is 4.48. The van der Waals surface area contributed by atoms with E-state index in [4.69, 9.17) is 14.0 Å². The number of hydrogen-bond acceptors (Lipinski definition) is 11. The molecule has 4 aromatic rings. The standard InChI is InChI=1S/C29H33FN6O6S2/c1-29(2,30)25-17-26(42-35-25)34-28(37)33-19-6-4-7-20(14-19)43-27-21-15-24(23(40-3)16-22(21)31-18-32-27)41-11-5-8-36-9-12-44(38,39)13-10-36/h4,6-7,14-18H,5,8-13H2,1-3H3,(H2,33,34,37). The van der Waals surface area contributed by atoms with E-state index in [9.17, 15) is 17.6 Å². The third kappa shape index (κ3) is 8.15. The second kappa shape index (κ2) is 13.4. The predicted octanol–water partition coefficient (Wildman–Crippen LogP) is 5.13. The summed E-state index contributed by atoms with van der Waals surface area (Å²) in [6.45, 7) is 4.95. The Bertz CT molecular complexity index is 1730. The number of hydrogen-bond donors (Lipinski definition) is 2. The molecule has 12 nitrogen and oxygen atoms in total. The number of nitrogens with one attached hydrogen (secondary N) is 2. The Hall–Kier alpha value is -3.95. The number of benzene rings is 2. The number of fused-ring (bicyclic) bond motifs is 1. The van der Waals surface area contributed by atoms with Crippen LogP contribution in [0.25, 0.3) is 10.9 Å². The van der Waals surface area contributed by atoms with E-state index in [1.807, 2.05) is 12.1 Å². The van der Waals surface area contributed by atoms with Crippen molar-refractivity contribution >= 4 is 50.1 Å². The molecule has 234 valence electrons. The molecule has 0 unspecified atom stereocenters. The minimum absolute atomic E-state index is 0.0246. The predicted molar refractivity (Wildman–Crippen MR) is 165 cm³/mol. The van der Waals surface area contributed by atoms with E-state index in [2.05, 4.69) is 30.7 Å². The summed E-state index contributed by atoms with van der Waals surface area (Å²) in [6, 6.07) is 11.6. The largest absolute Gasteiger partial charge is 0.493 e. The van der Waals surface area contributed by atoms with Gasteiger partial charge in [0.05, 0.1) is 30.7 Å². The molecule has 1 fully saturated rings. The Kier molecular flexibility index (Phi) is 9.56. The first kappa shape index (κ1) is 31.5. The van der Waals surface area contributed by atoms with E-state index in [1.165, 1.54) is 38.0 Å². The van der Waals surface area contributed by atoms with Gasteiger partial charge in [-0.3, -0.25) is 5.32 Å². The van der Waals surface area contributed by atoms with Gasteiger partial charge in [0.25, 0.3) is 0 Å². The summed E-state index contributed by atoms with van der Waals surface area (Å²) in [6.07, 6.45) is 2.20. The number of sulfone groups is 1. The van der Waals surface area contributed by atoms with Crippen LogP contribution in [0.3, 0.4) is 0 Å². The summed E-state index contributed by atoms with van der Waals surface area (Å²) in [7, 11) is -1.34. The quantitative estimate of drug-likeness (QED) is 0.165. The number of amides is 2. The molecule has 2 N–H and O–H groups in total. The fraction of sp³-hybridized carbons (Fsp3) is 0.379. The molecule has 0 saturated carbocycles. The molecule has 2 amide bonds. The Morgan fingerprint density at radius 3 is 2.64 bits per heavy atom. The zero-order valence-corrected chi connectivity index (χ0v) is 26.1. The van der Waals surface area contributed by atoms with Crippen molar-refractivity contribution in [1.82, 2.24) is 20.0 Å². The Labute approximate surface area is 258 Å². The van der Waals surface area contributed by atoms with E-state index >= 15 is 0 Å². The Morgan fingerprint density at radius 1 is 1.11 bits per heavy atom. The monoisotopic (exact) mass is 644 g/mol. The summed E-state index contributed by atoms with van der Waals surface area (Å²) in [5, 5.41) is 10.3. The van der Waals surface area contributed by atoms with Crippen LogP contribution in [0.1, 0.15) is 26.0 Å². The third-order valence-electron chi connectivity index (χ3n) is 6.86. The highest BCUT2D eigenvalue weighted by Crippen LogP contribution is 2.38. The fourth-order valence-corrected chi connectivity index (χ4v) is 6.68. The van der Waals surface area contributed by atoms with Crippen LogP contribution in [-0.2, 0) is 15.5 Å². The summed E-state index contributed by atoms with van der Waals surface area (Å²) in [5.41, 5.74) is -0.422. The highest BCUT2D eigenvalue weighted by atomic mass is 32.2. The van der Waals surface area contributed by atoms with Crippen molar-refractivity contribution < 1.29 is 31.6 Å². The van der Waals surface area contributed by atoms with Crippen molar-refractivity contribution in [2.45, 2.75) is 35.9 Å². The SMILES string of the molecule is COc1cc2ncnc(Sc3cccc(NC(=O)Nc4cc(C(C)(C)F)no4)c3)c2cc1OCCCN1CCS(=O)(=O)CC1. The van der Waals surface area contributed by atoms with Crippen LogP contribution in [0.2, 0.25) is 0 Å². The maximum atomic E-state index is 14.1. The van der Waals surface area contributed by atoms with Crippen LogP contribution in [0.15, 0.2) is 63.2 Å². The summed E-state index contributed by atoms with van der Waals surface area (Å²) < 4.78 is 54.0. The number of rotatable bonds is 11. The average molecular weight is 645 g/mol. The lowest BCUT2D eigenvalue weighted by molar-refractivity contribution is 0.205. The number of halogens is 1. The number of carbonyl (C=O) groups excluding carboxylic acids is 1. The zero-order chi connectivity index (χ0) is 31.3. The van der Waals surface area contributed by atoms with E-state index in [1.54, 1.807) is 31.4 Å². The van der Waals surface area contributed by atoms with Crippen molar-refractivity contribution in [3.63, 3.8) is 0 Å². The van der Waals surface area contributed by atoms with Crippen LogP contribution < -0.4 is 20.1 Å². The van der Waals surface area contributed by atoms with Crippen LogP contribution in [-0.4, -0.2) is 79.3 Å². The number of urea groups is 1. The first-order valence-electron chi connectivity index (χ1n) is 13.9. The minimum Gasteiger partial charge on any atom is -0.493 e. The molecular weight excluding hydrogens is 611 g/mol. The van der Waals surface area contributed by atoms with Gasteiger partial charge in [0.1, 0.15) is 17.0 Å². The zero-order valence-electron chi connectivity index (χ0n) is 24.5. The third-order valence-corrected chi connectivity index (χ3v) is 9.48. The van der Waals surface area contributed by atoms with E-state index < -0.39 is 21.5 Å². The van der Waals surface area contributed by atoms with Gasteiger partial charge < -0.3 is 24.2 Å². The normalized spacial score (nSPS) is 15.2. The van der Waals surface area contributed by atoms with Crippen molar-refractivity contribution in [2.75, 3.05) is 55.5 Å².